The number of ether oxygens (including phenoxy) is 1. The third kappa shape index (κ3) is 5.21. The van der Waals surface area contributed by atoms with Crippen LogP contribution in [0.2, 0.25) is 5.02 Å². The second kappa shape index (κ2) is 11.6. The van der Waals surface area contributed by atoms with E-state index in [0.29, 0.717) is 34.4 Å². The molecule has 0 aliphatic carbocycles. The van der Waals surface area contributed by atoms with Crippen LogP contribution in [0.1, 0.15) is 28.8 Å². The lowest BCUT2D eigenvalue weighted by Crippen LogP contribution is -2.57. The van der Waals surface area contributed by atoms with Gasteiger partial charge in [0.15, 0.2) is 0 Å². The zero-order valence-corrected chi connectivity index (χ0v) is 24.7. The number of nitrogens with zero attached hydrogens (tertiary/aromatic N) is 7. The molecule has 3 aromatic heterocycles. The van der Waals surface area contributed by atoms with Crippen LogP contribution < -0.4 is 20.0 Å². The van der Waals surface area contributed by atoms with Crippen molar-refractivity contribution in [1.29, 1.82) is 5.26 Å². The fourth-order valence-electron chi connectivity index (χ4n) is 5.58. The molecule has 44 heavy (non-hydrogen) atoms. The van der Waals surface area contributed by atoms with Crippen molar-refractivity contribution in [3.05, 3.63) is 81.4 Å². The van der Waals surface area contributed by atoms with Gasteiger partial charge in [-0.25, -0.2) is 14.8 Å². The minimum absolute atomic E-state index is 0.0329. The molecule has 2 saturated heterocycles. The van der Waals surface area contributed by atoms with Crippen molar-refractivity contribution in [3.8, 4) is 17.6 Å². The van der Waals surface area contributed by atoms with Crippen LogP contribution in [0.15, 0.2) is 59.8 Å². The molecule has 6 rings (SSSR count). The molecule has 0 spiro atoms. The average Bonchev–Trinajstić information content (AvgIpc) is 3.35. The van der Waals surface area contributed by atoms with Crippen molar-refractivity contribution in [2.75, 3.05) is 43.6 Å². The average molecular weight is 614 g/mol. The Labute approximate surface area is 257 Å². The van der Waals surface area contributed by atoms with Crippen LogP contribution in [0.4, 0.5) is 11.5 Å². The quantitative estimate of drug-likeness (QED) is 0.314. The number of carboxylic acid groups (broad SMARTS) is 1. The smallest absolute Gasteiger partial charge is 0.341 e. The zero-order chi connectivity index (χ0) is 31.1. The molecule has 1 amide bonds. The number of benzene rings is 1. The molecule has 2 aliphatic rings. The summed E-state index contributed by atoms with van der Waals surface area (Å²) >= 11 is 6.19. The Bertz CT molecular complexity index is 1880. The molecule has 0 saturated carbocycles. The highest BCUT2D eigenvalue weighted by Gasteiger charge is 2.35. The number of aromatic nitrogens is 3. The molecule has 13 heteroatoms. The van der Waals surface area contributed by atoms with E-state index in [1.54, 1.807) is 41.2 Å². The summed E-state index contributed by atoms with van der Waals surface area (Å²) < 4.78 is 7.40. The molecule has 0 bridgehead atoms. The normalized spacial score (nSPS) is 16.8. The number of carbonyl (C=O) groups is 2. The third-order valence-corrected chi connectivity index (χ3v) is 8.41. The van der Waals surface area contributed by atoms with Gasteiger partial charge in [-0.05, 0) is 56.9 Å². The summed E-state index contributed by atoms with van der Waals surface area (Å²) in [7, 11) is 4.07. The number of likely N-dealkylation sites (N-methyl/N-ethyl adjacent to an activating group) is 1. The highest BCUT2D eigenvalue weighted by atomic mass is 35.5. The van der Waals surface area contributed by atoms with Crippen molar-refractivity contribution in [2.45, 2.75) is 24.9 Å². The van der Waals surface area contributed by atoms with E-state index in [0.717, 1.165) is 18.9 Å². The first-order chi connectivity index (χ1) is 21.2. The number of amides is 1. The van der Waals surface area contributed by atoms with E-state index in [-0.39, 0.29) is 35.8 Å². The largest absolute Gasteiger partial charge is 0.477 e. The first kappa shape index (κ1) is 29.1. The van der Waals surface area contributed by atoms with Crippen LogP contribution in [0.5, 0.6) is 5.88 Å². The summed E-state index contributed by atoms with van der Waals surface area (Å²) in [5.41, 5.74) is 0.00169. The van der Waals surface area contributed by atoms with Gasteiger partial charge in [-0.3, -0.25) is 9.59 Å². The van der Waals surface area contributed by atoms with E-state index in [9.17, 15) is 24.8 Å². The van der Waals surface area contributed by atoms with Crippen molar-refractivity contribution in [2.24, 2.45) is 0 Å². The van der Waals surface area contributed by atoms with Crippen LogP contribution in [0, 0.1) is 11.3 Å². The van der Waals surface area contributed by atoms with Crippen molar-refractivity contribution < 1.29 is 19.4 Å². The van der Waals surface area contributed by atoms with Gasteiger partial charge in [0.05, 0.1) is 34.7 Å². The van der Waals surface area contributed by atoms with Crippen LogP contribution in [-0.4, -0.2) is 82.3 Å². The van der Waals surface area contributed by atoms with E-state index in [2.05, 4.69) is 25.8 Å². The number of halogens is 1. The number of hydrogen-bond acceptors (Lipinski definition) is 9. The standard InChI is InChI=1S/C31H28ClN7O5/c1-36(2)21-14-37(15-21)27-7-5-19(13-35-27)38-16-23(31(42)43)29(41)22-10-18(12-33)25(11-26(22)38)39-20(6-8-28(39)40)17-44-30-24(32)4-3-9-34-30/h3-5,7,9-11,13,16,20-21H,6,8,14-15,17H2,1-2H3,(H,42,43)/t20-/m1/s1. The number of aromatic carboxylic acids is 1. The van der Waals surface area contributed by atoms with Crippen LogP contribution >= 0.6 is 11.6 Å². The molecule has 0 radical (unpaired) electrons. The van der Waals surface area contributed by atoms with Gasteiger partial charge in [-0.1, -0.05) is 11.6 Å². The van der Waals surface area contributed by atoms with Crippen molar-refractivity contribution in [1.82, 2.24) is 19.4 Å². The molecule has 5 heterocycles. The van der Waals surface area contributed by atoms with Gasteiger partial charge >= 0.3 is 5.97 Å². The summed E-state index contributed by atoms with van der Waals surface area (Å²) in [5, 5.41) is 20.3. The third-order valence-electron chi connectivity index (χ3n) is 8.12. The number of anilines is 2. The minimum atomic E-state index is -1.40. The summed E-state index contributed by atoms with van der Waals surface area (Å²) in [6.45, 7) is 1.75. The lowest BCUT2D eigenvalue weighted by molar-refractivity contribution is -0.117. The first-order valence-electron chi connectivity index (χ1n) is 14.0. The van der Waals surface area contributed by atoms with Gasteiger partial charge in [0.25, 0.3) is 0 Å². The number of fused-ring (bicyclic) bond motifs is 1. The highest BCUT2D eigenvalue weighted by Crippen LogP contribution is 2.34. The van der Waals surface area contributed by atoms with E-state index in [1.807, 2.05) is 20.2 Å². The summed E-state index contributed by atoms with van der Waals surface area (Å²) in [5.74, 6) is -0.599. The summed E-state index contributed by atoms with van der Waals surface area (Å²) in [4.78, 5) is 53.1. The Balaban J connectivity index is 1.42. The molecule has 1 N–H and O–H groups in total. The minimum Gasteiger partial charge on any atom is -0.477 e. The van der Waals surface area contributed by atoms with Gasteiger partial charge in [0.2, 0.25) is 17.2 Å². The van der Waals surface area contributed by atoms with Gasteiger partial charge in [-0.15, -0.1) is 0 Å². The Morgan fingerprint density at radius 3 is 2.66 bits per heavy atom. The van der Waals surface area contributed by atoms with Gasteiger partial charge in [0.1, 0.15) is 29.1 Å². The molecule has 12 nitrogen and oxygen atoms in total. The molecule has 0 unspecified atom stereocenters. The number of pyridine rings is 3. The number of nitriles is 1. The molecular weight excluding hydrogens is 586 g/mol. The molecule has 1 atom stereocenters. The predicted octanol–water partition coefficient (Wildman–Crippen LogP) is 3.33. The Kier molecular flexibility index (Phi) is 7.67. The maximum absolute atomic E-state index is 13.3. The maximum atomic E-state index is 13.3. The molecular formula is C31H28ClN7O5. The number of carboxylic acids is 1. The van der Waals surface area contributed by atoms with Crippen molar-refractivity contribution >= 4 is 45.9 Å². The monoisotopic (exact) mass is 613 g/mol. The SMILES string of the molecule is CN(C)C1CN(c2ccc(-n3cc(C(=O)O)c(=O)c4cc(C#N)c(N5C(=O)CC[C@@H]5COc5ncccc5Cl)cc43)cn2)C1. The van der Waals surface area contributed by atoms with E-state index in [1.165, 1.54) is 17.2 Å². The fraction of sp³-hybridized carbons (Fsp3) is 0.290. The highest BCUT2D eigenvalue weighted by molar-refractivity contribution is 6.31. The molecule has 1 aromatic carbocycles. The van der Waals surface area contributed by atoms with Gasteiger partial charge < -0.3 is 29.1 Å². The molecule has 2 fully saturated rings. The zero-order valence-electron chi connectivity index (χ0n) is 24.0. The number of rotatable bonds is 8. The molecule has 2 aliphatic heterocycles. The summed E-state index contributed by atoms with van der Waals surface area (Å²) in [6.07, 6.45) is 5.11. The van der Waals surface area contributed by atoms with E-state index >= 15 is 0 Å². The lowest BCUT2D eigenvalue weighted by Gasteiger charge is -2.43. The van der Waals surface area contributed by atoms with Crippen LogP contribution in [-0.2, 0) is 4.79 Å². The van der Waals surface area contributed by atoms with Crippen molar-refractivity contribution in [3.63, 3.8) is 0 Å². The lowest BCUT2D eigenvalue weighted by atomic mass is 10.0. The topological polar surface area (TPSA) is 145 Å². The predicted molar refractivity (Wildman–Crippen MR) is 164 cm³/mol. The van der Waals surface area contributed by atoms with E-state index < -0.39 is 23.0 Å². The second-order valence-corrected chi connectivity index (χ2v) is 11.4. The molecule has 224 valence electrons. The number of carbonyl (C=O) groups excluding carboxylic acids is 1. The van der Waals surface area contributed by atoms with Crippen LogP contribution in [0.25, 0.3) is 16.6 Å². The first-order valence-corrected chi connectivity index (χ1v) is 14.3. The Hall–Kier alpha value is -4.99. The van der Waals surface area contributed by atoms with E-state index in [4.69, 9.17) is 16.3 Å². The Morgan fingerprint density at radius 2 is 2.00 bits per heavy atom. The van der Waals surface area contributed by atoms with Gasteiger partial charge in [0, 0.05) is 43.3 Å². The van der Waals surface area contributed by atoms with Gasteiger partial charge in [-0.2, -0.15) is 5.26 Å². The Morgan fingerprint density at radius 1 is 1.20 bits per heavy atom. The fourth-order valence-corrected chi connectivity index (χ4v) is 5.75. The molecule has 4 aromatic rings. The number of hydrogen-bond donors (Lipinski definition) is 1. The maximum Gasteiger partial charge on any atom is 0.341 e. The van der Waals surface area contributed by atoms with Crippen LogP contribution in [0.3, 0.4) is 0 Å². The second-order valence-electron chi connectivity index (χ2n) is 11.0. The summed E-state index contributed by atoms with van der Waals surface area (Å²) in [6, 6.07) is 12.0.